The summed E-state index contributed by atoms with van der Waals surface area (Å²) in [5, 5.41) is 2.73. The molecular formula is C17H13F3N4O2. The topological polar surface area (TPSA) is 70.5 Å². The first-order valence-corrected chi connectivity index (χ1v) is 7.89. The molecule has 0 fully saturated rings. The normalized spacial score (nSPS) is 14.5. The monoisotopic (exact) mass is 362 g/mol. The van der Waals surface area contributed by atoms with E-state index >= 15 is 0 Å². The van der Waals surface area contributed by atoms with E-state index in [0.717, 1.165) is 12.1 Å². The molecule has 26 heavy (non-hydrogen) atoms. The lowest BCUT2D eigenvalue weighted by Crippen LogP contribution is -2.40. The molecule has 0 atom stereocenters. The number of carbonyl (C=O) groups is 1. The van der Waals surface area contributed by atoms with Crippen LogP contribution in [0.5, 0.6) is 0 Å². The van der Waals surface area contributed by atoms with Crippen LogP contribution in [0.15, 0.2) is 41.3 Å². The molecular weight excluding hydrogens is 349 g/mol. The van der Waals surface area contributed by atoms with Gasteiger partial charge in [0.2, 0.25) is 0 Å². The van der Waals surface area contributed by atoms with Crippen molar-refractivity contribution in [2.45, 2.75) is 19.1 Å². The highest BCUT2D eigenvalue weighted by molar-refractivity contribution is 5.96. The highest BCUT2D eigenvalue weighted by atomic mass is 19.4. The Bertz CT molecular complexity index is 1070. The molecule has 1 aliphatic rings. The van der Waals surface area contributed by atoms with Crippen LogP contribution in [0.2, 0.25) is 0 Å². The molecule has 0 unspecified atom stereocenters. The summed E-state index contributed by atoms with van der Waals surface area (Å²) in [5.41, 5.74) is -0.396. The quantitative estimate of drug-likeness (QED) is 0.722. The van der Waals surface area contributed by atoms with Crippen molar-refractivity contribution in [1.29, 1.82) is 0 Å². The van der Waals surface area contributed by atoms with Crippen molar-refractivity contribution < 1.29 is 18.0 Å². The molecule has 4 rings (SSSR count). The zero-order chi connectivity index (χ0) is 18.5. The summed E-state index contributed by atoms with van der Waals surface area (Å²) in [5.74, 6) is -0.750. The Labute approximate surface area is 144 Å². The number of H-pyrrole nitrogens is 1. The van der Waals surface area contributed by atoms with E-state index in [1.807, 2.05) is 0 Å². The number of rotatable bonds is 1. The molecule has 6 nitrogen and oxygen atoms in total. The second-order valence-electron chi connectivity index (χ2n) is 6.02. The van der Waals surface area contributed by atoms with E-state index in [1.165, 1.54) is 21.5 Å². The standard InChI is InChI=1S/C17H13F3N4O2/c18-17(19,20)12-4-2-1-3-10(12)15(25)23-8-6-13-11(9-23)16(26)24-14(22-13)5-7-21-24/h1-5,7,21H,6,8-9H2. The Hall–Kier alpha value is -3.10. The van der Waals surface area contributed by atoms with Crippen LogP contribution in [0, 0.1) is 0 Å². The molecule has 3 aromatic rings. The van der Waals surface area contributed by atoms with Crippen LogP contribution in [0.4, 0.5) is 13.2 Å². The fraction of sp³-hybridized carbons (Fsp3) is 0.235. The minimum atomic E-state index is -4.63. The van der Waals surface area contributed by atoms with E-state index in [-0.39, 0.29) is 18.6 Å². The second-order valence-corrected chi connectivity index (χ2v) is 6.02. The molecule has 1 aliphatic heterocycles. The van der Waals surface area contributed by atoms with Crippen LogP contribution >= 0.6 is 0 Å². The van der Waals surface area contributed by atoms with E-state index in [9.17, 15) is 22.8 Å². The molecule has 0 aliphatic carbocycles. The molecule has 0 bridgehead atoms. The summed E-state index contributed by atoms with van der Waals surface area (Å²) in [7, 11) is 0. The van der Waals surface area contributed by atoms with E-state index in [0.29, 0.717) is 23.3 Å². The SMILES string of the molecule is O=C(c1ccccc1C(F)(F)F)N1CCc2nc3cc[nH]n3c(=O)c2C1. The molecule has 0 saturated heterocycles. The van der Waals surface area contributed by atoms with Crippen LogP contribution in [-0.2, 0) is 19.1 Å². The van der Waals surface area contributed by atoms with Crippen LogP contribution in [0.25, 0.3) is 5.65 Å². The molecule has 134 valence electrons. The molecule has 0 spiro atoms. The lowest BCUT2D eigenvalue weighted by molar-refractivity contribution is -0.138. The van der Waals surface area contributed by atoms with Crippen molar-refractivity contribution in [3.05, 3.63) is 69.3 Å². The molecule has 1 amide bonds. The third-order valence-electron chi connectivity index (χ3n) is 4.44. The number of hydrogen-bond donors (Lipinski definition) is 1. The molecule has 3 heterocycles. The van der Waals surface area contributed by atoms with Crippen LogP contribution in [0.1, 0.15) is 27.2 Å². The highest BCUT2D eigenvalue weighted by Crippen LogP contribution is 2.32. The number of nitrogens with one attached hydrogen (secondary N) is 1. The smallest absolute Gasteiger partial charge is 0.334 e. The van der Waals surface area contributed by atoms with E-state index in [1.54, 1.807) is 12.3 Å². The van der Waals surface area contributed by atoms with Gasteiger partial charge >= 0.3 is 6.18 Å². The average molecular weight is 362 g/mol. The number of amides is 1. The van der Waals surface area contributed by atoms with Gasteiger partial charge in [0.1, 0.15) is 0 Å². The number of nitrogens with zero attached hydrogens (tertiary/aromatic N) is 3. The fourth-order valence-electron chi connectivity index (χ4n) is 3.18. The Morgan fingerprint density at radius 1 is 1.19 bits per heavy atom. The highest BCUT2D eigenvalue weighted by Gasteiger charge is 2.36. The Balaban J connectivity index is 1.72. The number of aromatic nitrogens is 3. The van der Waals surface area contributed by atoms with Crippen molar-refractivity contribution in [3.8, 4) is 0 Å². The molecule has 0 saturated carbocycles. The predicted octanol–water partition coefficient (Wildman–Crippen LogP) is 2.24. The molecule has 1 N–H and O–H groups in total. The van der Waals surface area contributed by atoms with Gasteiger partial charge in [-0.15, -0.1) is 0 Å². The Kier molecular flexibility index (Phi) is 3.60. The van der Waals surface area contributed by atoms with Crippen molar-refractivity contribution in [2.24, 2.45) is 0 Å². The summed E-state index contributed by atoms with van der Waals surface area (Å²) in [6.45, 7) is 0.124. The van der Waals surface area contributed by atoms with Crippen molar-refractivity contribution in [1.82, 2.24) is 19.5 Å². The number of hydrogen-bond acceptors (Lipinski definition) is 3. The van der Waals surface area contributed by atoms with Crippen molar-refractivity contribution in [2.75, 3.05) is 6.54 Å². The zero-order valence-electron chi connectivity index (χ0n) is 13.4. The Morgan fingerprint density at radius 2 is 1.96 bits per heavy atom. The first-order chi connectivity index (χ1) is 12.4. The largest absolute Gasteiger partial charge is 0.417 e. The van der Waals surface area contributed by atoms with E-state index < -0.39 is 23.2 Å². The third kappa shape index (κ3) is 2.56. The molecule has 2 aromatic heterocycles. The minimum Gasteiger partial charge on any atom is -0.334 e. The van der Waals surface area contributed by atoms with Gasteiger partial charge in [-0.1, -0.05) is 12.1 Å². The molecule has 9 heteroatoms. The van der Waals surface area contributed by atoms with Gasteiger partial charge in [0, 0.05) is 25.2 Å². The number of benzene rings is 1. The number of fused-ring (bicyclic) bond motifs is 2. The van der Waals surface area contributed by atoms with Gasteiger partial charge in [0.05, 0.1) is 28.9 Å². The van der Waals surface area contributed by atoms with Crippen LogP contribution in [0.3, 0.4) is 0 Å². The van der Waals surface area contributed by atoms with Gasteiger partial charge in [0.25, 0.3) is 11.5 Å². The van der Waals surface area contributed by atoms with Gasteiger partial charge < -0.3 is 4.90 Å². The number of alkyl halides is 3. The third-order valence-corrected chi connectivity index (χ3v) is 4.44. The van der Waals surface area contributed by atoms with Crippen LogP contribution < -0.4 is 5.56 Å². The maximum Gasteiger partial charge on any atom is 0.417 e. The van der Waals surface area contributed by atoms with Crippen molar-refractivity contribution in [3.63, 3.8) is 0 Å². The predicted molar refractivity (Wildman–Crippen MR) is 85.7 cm³/mol. The van der Waals surface area contributed by atoms with Gasteiger partial charge in [-0.2, -0.15) is 13.2 Å². The first-order valence-electron chi connectivity index (χ1n) is 7.89. The summed E-state index contributed by atoms with van der Waals surface area (Å²) >= 11 is 0. The summed E-state index contributed by atoms with van der Waals surface area (Å²) in [6.07, 6.45) is -2.75. The minimum absolute atomic E-state index is 0.0752. The summed E-state index contributed by atoms with van der Waals surface area (Å²) < 4.78 is 40.8. The average Bonchev–Trinajstić information content (AvgIpc) is 3.09. The van der Waals surface area contributed by atoms with E-state index in [2.05, 4.69) is 10.1 Å². The lowest BCUT2D eigenvalue weighted by Gasteiger charge is -2.28. The van der Waals surface area contributed by atoms with E-state index in [4.69, 9.17) is 0 Å². The molecule has 1 aromatic carbocycles. The lowest BCUT2D eigenvalue weighted by atomic mass is 10.0. The van der Waals surface area contributed by atoms with Gasteiger partial charge in [-0.05, 0) is 12.1 Å². The summed E-state index contributed by atoms with van der Waals surface area (Å²) in [6, 6.07) is 6.31. The van der Waals surface area contributed by atoms with Gasteiger partial charge in [-0.25, -0.2) is 9.50 Å². The Morgan fingerprint density at radius 3 is 2.73 bits per heavy atom. The number of carbonyl (C=O) groups excluding carboxylic acids is 1. The second kappa shape index (κ2) is 5.72. The maximum atomic E-state index is 13.2. The van der Waals surface area contributed by atoms with Crippen LogP contribution in [-0.4, -0.2) is 31.9 Å². The maximum absolute atomic E-state index is 13.2. The van der Waals surface area contributed by atoms with Gasteiger partial charge in [0.15, 0.2) is 5.65 Å². The number of aromatic amines is 1. The summed E-state index contributed by atoms with van der Waals surface area (Å²) in [4.78, 5) is 30.9. The number of halogens is 3. The van der Waals surface area contributed by atoms with Gasteiger partial charge in [-0.3, -0.25) is 14.7 Å². The molecule has 0 radical (unpaired) electrons. The zero-order valence-corrected chi connectivity index (χ0v) is 13.4. The fourth-order valence-corrected chi connectivity index (χ4v) is 3.18. The van der Waals surface area contributed by atoms with Crippen molar-refractivity contribution >= 4 is 11.6 Å². The first kappa shape index (κ1) is 16.4.